The van der Waals surface area contributed by atoms with Gasteiger partial charge in [0, 0.05) is 13.0 Å². The van der Waals surface area contributed by atoms with E-state index in [0.717, 1.165) is 64.2 Å². The van der Waals surface area contributed by atoms with Crippen molar-refractivity contribution in [2.45, 2.75) is 271 Å². The first-order valence-electron chi connectivity index (χ1n) is 27.5. The van der Waals surface area contributed by atoms with E-state index < -0.39 is 6.10 Å². The largest absolute Gasteiger partial charge is 0.462 e. The molecular formula is C59H104O5. The van der Waals surface area contributed by atoms with E-state index in [1.807, 2.05) is 12.2 Å². The number of carbonyl (C=O) groups excluding carboxylic acids is 2. The average molecular weight is 893 g/mol. The Kier molecular flexibility index (Phi) is 52.4. The van der Waals surface area contributed by atoms with E-state index in [0.29, 0.717) is 13.0 Å². The first-order valence-corrected chi connectivity index (χ1v) is 27.5. The van der Waals surface area contributed by atoms with Crippen LogP contribution in [0.15, 0.2) is 72.9 Å². The molecule has 0 aromatic heterocycles. The number of allylic oxidation sites excluding steroid dienone is 11. The van der Waals surface area contributed by atoms with Gasteiger partial charge in [-0.3, -0.25) is 9.59 Å². The normalized spacial score (nSPS) is 12.7. The molecule has 0 radical (unpaired) electrons. The molecule has 370 valence electrons. The van der Waals surface area contributed by atoms with Gasteiger partial charge in [0.25, 0.3) is 0 Å². The van der Waals surface area contributed by atoms with Gasteiger partial charge in [0.15, 0.2) is 6.10 Å². The number of hydrogen-bond acceptors (Lipinski definition) is 5. The minimum atomic E-state index is -0.591. The Balaban J connectivity index is 4.33. The van der Waals surface area contributed by atoms with Gasteiger partial charge in [-0.05, 0) is 70.6 Å². The Morgan fingerprint density at radius 3 is 1.19 bits per heavy atom. The van der Waals surface area contributed by atoms with Gasteiger partial charge in [0.05, 0.1) is 13.0 Å². The second-order valence-electron chi connectivity index (χ2n) is 18.1. The molecule has 0 fully saturated rings. The fraction of sp³-hybridized carbons (Fsp3) is 0.763. The molecule has 1 atom stereocenters. The van der Waals surface area contributed by atoms with Crippen LogP contribution in [0.1, 0.15) is 265 Å². The van der Waals surface area contributed by atoms with Gasteiger partial charge >= 0.3 is 11.9 Å². The molecule has 0 saturated heterocycles. The Hall–Kier alpha value is -2.66. The first kappa shape index (κ1) is 61.3. The predicted octanol–water partition coefficient (Wildman–Crippen LogP) is 18.7. The van der Waals surface area contributed by atoms with Crippen molar-refractivity contribution in [3.8, 4) is 0 Å². The second-order valence-corrected chi connectivity index (χ2v) is 18.1. The molecule has 5 heteroatoms. The Bertz CT molecular complexity index is 1150. The highest BCUT2D eigenvalue weighted by molar-refractivity contribution is 5.71. The van der Waals surface area contributed by atoms with Crippen LogP contribution in [0.2, 0.25) is 0 Å². The summed E-state index contributed by atoms with van der Waals surface area (Å²) in [5.41, 5.74) is 0. The molecule has 0 N–H and O–H groups in total. The van der Waals surface area contributed by atoms with Gasteiger partial charge in [0.1, 0.15) is 6.61 Å². The molecule has 0 aliphatic carbocycles. The first-order chi connectivity index (χ1) is 31.6. The van der Waals surface area contributed by atoms with Crippen molar-refractivity contribution in [1.82, 2.24) is 0 Å². The van der Waals surface area contributed by atoms with Crippen LogP contribution in [-0.4, -0.2) is 37.9 Å². The minimum Gasteiger partial charge on any atom is -0.462 e. The molecule has 0 spiro atoms. The molecule has 0 heterocycles. The van der Waals surface area contributed by atoms with E-state index in [1.165, 1.54) is 167 Å². The molecule has 0 rings (SSSR count). The van der Waals surface area contributed by atoms with E-state index in [4.69, 9.17) is 14.2 Å². The maximum atomic E-state index is 12.8. The summed E-state index contributed by atoms with van der Waals surface area (Å²) in [6, 6.07) is 0. The van der Waals surface area contributed by atoms with Gasteiger partial charge < -0.3 is 14.2 Å². The van der Waals surface area contributed by atoms with Crippen LogP contribution in [0.25, 0.3) is 0 Å². The van der Waals surface area contributed by atoms with E-state index in [9.17, 15) is 9.59 Å². The monoisotopic (exact) mass is 893 g/mol. The van der Waals surface area contributed by atoms with Gasteiger partial charge in [-0.15, -0.1) is 0 Å². The fourth-order valence-corrected chi connectivity index (χ4v) is 7.70. The maximum Gasteiger partial charge on any atom is 0.310 e. The molecule has 1 unspecified atom stereocenters. The van der Waals surface area contributed by atoms with Crippen LogP contribution in [-0.2, 0) is 23.8 Å². The summed E-state index contributed by atoms with van der Waals surface area (Å²) >= 11 is 0. The summed E-state index contributed by atoms with van der Waals surface area (Å²) in [6.45, 7) is 7.63. The third-order valence-corrected chi connectivity index (χ3v) is 11.8. The van der Waals surface area contributed by atoms with Crippen LogP contribution in [0.3, 0.4) is 0 Å². The zero-order valence-corrected chi connectivity index (χ0v) is 42.5. The summed E-state index contributed by atoms with van der Waals surface area (Å²) in [4.78, 5) is 25.4. The quantitative estimate of drug-likeness (QED) is 0.0346. The van der Waals surface area contributed by atoms with Crippen LogP contribution in [0, 0.1) is 0 Å². The number of unbranched alkanes of at least 4 members (excludes halogenated alkanes) is 28. The summed E-state index contributed by atoms with van der Waals surface area (Å²) in [6.07, 6.45) is 70.9. The maximum absolute atomic E-state index is 12.8. The van der Waals surface area contributed by atoms with E-state index in [1.54, 1.807) is 0 Å². The smallest absolute Gasteiger partial charge is 0.310 e. The van der Waals surface area contributed by atoms with Crippen LogP contribution in [0.5, 0.6) is 0 Å². The lowest BCUT2D eigenvalue weighted by atomic mass is 10.0. The zero-order valence-electron chi connectivity index (χ0n) is 42.5. The van der Waals surface area contributed by atoms with E-state index in [-0.39, 0.29) is 31.6 Å². The van der Waals surface area contributed by atoms with Gasteiger partial charge in [-0.2, -0.15) is 0 Å². The topological polar surface area (TPSA) is 61.8 Å². The fourth-order valence-electron chi connectivity index (χ4n) is 7.70. The van der Waals surface area contributed by atoms with Crippen LogP contribution < -0.4 is 0 Å². The minimum absolute atomic E-state index is 0.0455. The number of esters is 2. The van der Waals surface area contributed by atoms with Crippen LogP contribution in [0.4, 0.5) is 0 Å². The standard InChI is InChI=1S/C59H104O5/c1-4-7-10-13-16-19-22-25-28-29-30-31-33-34-37-40-43-46-49-52-58(60)63-56-57(55-62-54-51-48-45-42-39-36-27-24-21-18-15-12-9-6-3)64-59(61)53-50-47-44-41-38-35-32-26-23-20-17-14-11-8-5-2/h8,11,17,20,25-26,28,32,38,41,47,50,57H,4-7,9-10,12-16,18-19,21-24,27,29-31,33-37,39-40,42-46,48-49,51-56H2,1-3H3/b11-8-,20-17-,28-25-,32-26-,41-38-,50-47-. The van der Waals surface area contributed by atoms with Gasteiger partial charge in [-0.1, -0.05) is 254 Å². The lowest BCUT2D eigenvalue weighted by Crippen LogP contribution is -2.29. The van der Waals surface area contributed by atoms with Crippen molar-refractivity contribution in [2.24, 2.45) is 0 Å². The zero-order chi connectivity index (χ0) is 46.3. The second kappa shape index (κ2) is 54.7. The van der Waals surface area contributed by atoms with E-state index >= 15 is 0 Å². The highest BCUT2D eigenvalue weighted by Gasteiger charge is 2.17. The molecule has 64 heavy (non-hydrogen) atoms. The molecule has 5 nitrogen and oxygen atoms in total. The van der Waals surface area contributed by atoms with Crippen molar-refractivity contribution in [3.05, 3.63) is 72.9 Å². The number of ether oxygens (including phenoxy) is 3. The van der Waals surface area contributed by atoms with Crippen molar-refractivity contribution in [3.63, 3.8) is 0 Å². The van der Waals surface area contributed by atoms with Crippen molar-refractivity contribution in [2.75, 3.05) is 19.8 Å². The molecule has 0 bridgehead atoms. The highest BCUT2D eigenvalue weighted by atomic mass is 16.6. The van der Waals surface area contributed by atoms with Crippen LogP contribution >= 0.6 is 0 Å². The molecule has 0 aromatic rings. The molecule has 0 aliphatic rings. The Morgan fingerprint density at radius 2 is 0.750 bits per heavy atom. The predicted molar refractivity (Wildman–Crippen MR) is 279 cm³/mol. The molecular weight excluding hydrogens is 789 g/mol. The third kappa shape index (κ3) is 52.0. The summed E-state index contributed by atoms with van der Waals surface area (Å²) in [7, 11) is 0. The third-order valence-electron chi connectivity index (χ3n) is 11.8. The molecule has 0 amide bonds. The van der Waals surface area contributed by atoms with Crippen molar-refractivity contribution >= 4 is 11.9 Å². The molecule has 0 aliphatic heterocycles. The summed E-state index contributed by atoms with van der Waals surface area (Å²) < 4.78 is 17.3. The Morgan fingerprint density at radius 1 is 0.375 bits per heavy atom. The average Bonchev–Trinajstić information content (AvgIpc) is 3.30. The number of hydrogen-bond donors (Lipinski definition) is 0. The molecule has 0 aromatic carbocycles. The lowest BCUT2D eigenvalue weighted by Gasteiger charge is -2.18. The van der Waals surface area contributed by atoms with Gasteiger partial charge in [0.2, 0.25) is 0 Å². The molecule has 0 saturated carbocycles. The lowest BCUT2D eigenvalue weighted by molar-refractivity contribution is -0.162. The van der Waals surface area contributed by atoms with Crippen molar-refractivity contribution < 1.29 is 23.8 Å². The SMILES string of the molecule is CC/C=C\C/C=C\C/C=C\C/C=C\C/C=C\CC(=O)OC(COCCCCCCCCCCCCCCCC)COC(=O)CCCCCCCCCCC/C=C\CCCCCCCC. The number of carbonyl (C=O) groups is 2. The summed E-state index contributed by atoms with van der Waals surface area (Å²) in [5.74, 6) is -0.537. The highest BCUT2D eigenvalue weighted by Crippen LogP contribution is 2.15. The summed E-state index contributed by atoms with van der Waals surface area (Å²) in [5, 5.41) is 0. The Labute approximate surface area is 397 Å². The van der Waals surface area contributed by atoms with Gasteiger partial charge in [-0.25, -0.2) is 0 Å². The number of rotatable bonds is 50. The van der Waals surface area contributed by atoms with E-state index in [2.05, 4.69) is 81.5 Å². The van der Waals surface area contributed by atoms with Crippen molar-refractivity contribution in [1.29, 1.82) is 0 Å².